The Labute approximate surface area is 179 Å². The maximum atomic E-state index is 5.81. The molecule has 0 spiro atoms. The molecule has 1 fully saturated rings. The lowest BCUT2D eigenvalue weighted by molar-refractivity contribution is 0.283. The van der Waals surface area contributed by atoms with Gasteiger partial charge in [0.15, 0.2) is 5.96 Å². The molecule has 1 saturated heterocycles. The minimum Gasteiger partial charge on any atom is -0.357 e. The van der Waals surface area contributed by atoms with Gasteiger partial charge >= 0.3 is 0 Å². The first-order chi connectivity index (χ1) is 12.2. The van der Waals surface area contributed by atoms with Crippen LogP contribution in [0, 0.1) is 0 Å². The Morgan fingerprint density at radius 1 is 1.23 bits per heavy atom. The van der Waals surface area contributed by atoms with Gasteiger partial charge in [0, 0.05) is 38.9 Å². The van der Waals surface area contributed by atoms with Crippen molar-refractivity contribution < 1.29 is 0 Å². The molecule has 6 nitrogen and oxygen atoms in total. The zero-order valence-electron chi connectivity index (χ0n) is 15.9. The summed E-state index contributed by atoms with van der Waals surface area (Å²) in [5.74, 6) is 0.886. The fourth-order valence-electron chi connectivity index (χ4n) is 2.85. The van der Waals surface area contributed by atoms with E-state index in [-0.39, 0.29) is 24.0 Å². The normalized spacial score (nSPS) is 16.7. The highest BCUT2D eigenvalue weighted by molar-refractivity contribution is 14.0. The molecule has 1 aromatic rings. The molecule has 0 bridgehead atoms. The summed E-state index contributed by atoms with van der Waals surface area (Å²) in [7, 11) is 2.20. The van der Waals surface area contributed by atoms with Crippen LogP contribution in [-0.4, -0.2) is 80.1 Å². The van der Waals surface area contributed by atoms with Crippen LogP contribution in [0.5, 0.6) is 0 Å². The van der Waals surface area contributed by atoms with Gasteiger partial charge in [0.2, 0.25) is 0 Å². The van der Waals surface area contributed by atoms with Crippen LogP contribution in [-0.2, 0) is 6.42 Å². The van der Waals surface area contributed by atoms with Crippen LogP contribution in [0.1, 0.15) is 18.9 Å². The minimum atomic E-state index is 0. The van der Waals surface area contributed by atoms with Crippen molar-refractivity contribution >= 4 is 41.5 Å². The molecule has 0 amide bonds. The Morgan fingerprint density at radius 3 is 2.81 bits per heavy atom. The van der Waals surface area contributed by atoms with E-state index in [9.17, 15) is 0 Å². The smallest absolute Gasteiger partial charge is 0.191 e. The first-order valence-corrected chi connectivity index (χ1v) is 9.58. The van der Waals surface area contributed by atoms with Gasteiger partial charge in [-0.3, -0.25) is 4.99 Å². The molecule has 0 atom stereocenters. The Hall–Kier alpha value is -0.640. The lowest BCUT2D eigenvalue weighted by Crippen LogP contribution is -2.39. The maximum absolute atomic E-state index is 5.81. The van der Waals surface area contributed by atoms with Gasteiger partial charge in [-0.15, -0.1) is 24.0 Å². The Morgan fingerprint density at radius 2 is 2.08 bits per heavy atom. The number of halogens is 2. The number of hydrogen-bond donors (Lipinski definition) is 2. The van der Waals surface area contributed by atoms with Crippen LogP contribution in [0.2, 0.25) is 5.15 Å². The standard InChI is InChI=1S/C18H31ClN6.HI/c1-3-20-18(21-8-7-16-5-6-17(19)23-15-16)22-9-12-25-11-4-10-24(2)13-14-25;/h5-6,15H,3-4,7-14H2,1-2H3,(H2,20,21,22);1H. The zero-order valence-corrected chi connectivity index (χ0v) is 19.0. The largest absolute Gasteiger partial charge is 0.357 e. The third-order valence-electron chi connectivity index (χ3n) is 4.34. The van der Waals surface area contributed by atoms with E-state index in [1.54, 1.807) is 0 Å². The maximum Gasteiger partial charge on any atom is 0.191 e. The predicted octanol–water partition coefficient (Wildman–Crippen LogP) is 2.09. The van der Waals surface area contributed by atoms with E-state index in [4.69, 9.17) is 16.6 Å². The predicted molar refractivity (Wildman–Crippen MR) is 121 cm³/mol. The third-order valence-corrected chi connectivity index (χ3v) is 4.56. The molecule has 2 N–H and O–H groups in total. The van der Waals surface area contributed by atoms with Crippen molar-refractivity contribution in [3.05, 3.63) is 29.0 Å². The summed E-state index contributed by atoms with van der Waals surface area (Å²) in [5.41, 5.74) is 1.17. The highest BCUT2D eigenvalue weighted by Gasteiger charge is 2.11. The van der Waals surface area contributed by atoms with Crippen molar-refractivity contribution in [3.63, 3.8) is 0 Å². The molecule has 148 valence electrons. The van der Waals surface area contributed by atoms with Gasteiger partial charge in [-0.1, -0.05) is 17.7 Å². The molecule has 2 rings (SSSR count). The van der Waals surface area contributed by atoms with Crippen LogP contribution in [0.3, 0.4) is 0 Å². The summed E-state index contributed by atoms with van der Waals surface area (Å²) in [4.78, 5) is 13.7. The molecule has 0 aromatic carbocycles. The average molecular weight is 495 g/mol. The number of likely N-dealkylation sites (N-methyl/N-ethyl adjacent to an activating group) is 1. The molecule has 1 aliphatic heterocycles. The highest BCUT2D eigenvalue weighted by atomic mass is 127. The molecule has 1 aliphatic rings. The van der Waals surface area contributed by atoms with Crippen molar-refractivity contribution in [1.82, 2.24) is 25.4 Å². The second-order valence-electron chi connectivity index (χ2n) is 6.43. The fraction of sp³-hybridized carbons (Fsp3) is 0.667. The molecular formula is C18H32ClIN6. The van der Waals surface area contributed by atoms with Crippen molar-refractivity contribution in [2.24, 2.45) is 4.99 Å². The Bertz CT molecular complexity index is 525. The zero-order chi connectivity index (χ0) is 17.9. The van der Waals surface area contributed by atoms with Crippen molar-refractivity contribution in [2.45, 2.75) is 19.8 Å². The second-order valence-corrected chi connectivity index (χ2v) is 6.81. The number of nitrogens with one attached hydrogen (secondary N) is 2. The van der Waals surface area contributed by atoms with Crippen LogP contribution in [0.15, 0.2) is 23.3 Å². The Balaban J connectivity index is 0.00000338. The fourth-order valence-corrected chi connectivity index (χ4v) is 2.96. The lowest BCUT2D eigenvalue weighted by Gasteiger charge is -2.19. The second kappa shape index (κ2) is 13.5. The summed E-state index contributed by atoms with van der Waals surface area (Å²) in [5, 5.41) is 7.24. The average Bonchev–Trinajstić information content (AvgIpc) is 2.81. The van der Waals surface area contributed by atoms with E-state index in [0.29, 0.717) is 5.15 Å². The summed E-state index contributed by atoms with van der Waals surface area (Å²) < 4.78 is 0. The van der Waals surface area contributed by atoms with Crippen molar-refractivity contribution in [1.29, 1.82) is 0 Å². The molecule has 0 saturated carbocycles. The number of guanidine groups is 1. The van der Waals surface area contributed by atoms with E-state index in [1.165, 1.54) is 25.1 Å². The van der Waals surface area contributed by atoms with Crippen LogP contribution < -0.4 is 10.6 Å². The molecule has 0 aliphatic carbocycles. The summed E-state index contributed by atoms with van der Waals surface area (Å²) in [6, 6.07) is 3.84. The van der Waals surface area contributed by atoms with Gasteiger partial charge in [0.1, 0.15) is 5.15 Å². The number of hydrogen-bond acceptors (Lipinski definition) is 4. The molecule has 26 heavy (non-hydrogen) atoms. The van der Waals surface area contributed by atoms with Gasteiger partial charge in [-0.25, -0.2) is 4.98 Å². The van der Waals surface area contributed by atoms with Crippen LogP contribution in [0.25, 0.3) is 0 Å². The van der Waals surface area contributed by atoms with E-state index < -0.39 is 0 Å². The van der Waals surface area contributed by atoms with Crippen LogP contribution >= 0.6 is 35.6 Å². The van der Waals surface area contributed by atoms with Gasteiger partial charge < -0.3 is 20.4 Å². The first-order valence-electron chi connectivity index (χ1n) is 9.21. The van der Waals surface area contributed by atoms with E-state index >= 15 is 0 Å². The number of pyridine rings is 1. The number of rotatable bonds is 7. The topological polar surface area (TPSA) is 55.8 Å². The third kappa shape index (κ3) is 9.34. The van der Waals surface area contributed by atoms with Crippen molar-refractivity contribution in [3.8, 4) is 0 Å². The van der Waals surface area contributed by atoms with Gasteiger partial charge in [0.05, 0.1) is 6.54 Å². The minimum absolute atomic E-state index is 0. The molecule has 0 radical (unpaired) electrons. The molecule has 0 unspecified atom stereocenters. The molecule has 2 heterocycles. The number of aliphatic imine (C=N–C) groups is 1. The highest BCUT2D eigenvalue weighted by Crippen LogP contribution is 2.05. The summed E-state index contributed by atoms with van der Waals surface area (Å²) in [6.07, 6.45) is 3.96. The van der Waals surface area contributed by atoms with Gasteiger partial charge in [-0.2, -0.15) is 0 Å². The number of aromatic nitrogens is 1. The molecule has 1 aromatic heterocycles. The SMILES string of the molecule is CCNC(=NCCN1CCCN(C)CC1)NCCc1ccc(Cl)nc1.I. The summed E-state index contributed by atoms with van der Waals surface area (Å²) >= 11 is 5.81. The Kier molecular flexibility index (Phi) is 12.2. The van der Waals surface area contributed by atoms with E-state index in [1.807, 2.05) is 18.3 Å². The lowest BCUT2D eigenvalue weighted by atomic mass is 10.2. The van der Waals surface area contributed by atoms with Gasteiger partial charge in [-0.05, 0) is 51.5 Å². The number of nitrogens with zero attached hydrogens (tertiary/aromatic N) is 4. The van der Waals surface area contributed by atoms with Crippen LogP contribution in [0.4, 0.5) is 0 Å². The first kappa shape index (κ1) is 23.4. The monoisotopic (exact) mass is 494 g/mol. The quantitative estimate of drug-likeness (QED) is 0.263. The van der Waals surface area contributed by atoms with Gasteiger partial charge in [0.25, 0.3) is 0 Å². The van der Waals surface area contributed by atoms with E-state index in [0.717, 1.165) is 51.6 Å². The molecular weight excluding hydrogens is 463 g/mol. The van der Waals surface area contributed by atoms with Crippen molar-refractivity contribution in [2.75, 3.05) is 59.4 Å². The molecule has 8 heteroatoms. The summed E-state index contributed by atoms with van der Waals surface area (Å²) in [6.45, 7) is 10.3. The van der Waals surface area contributed by atoms with E-state index in [2.05, 4.69) is 39.4 Å².